The molecule has 1 aromatic heterocycles. The zero-order valence-corrected chi connectivity index (χ0v) is 13.6. The molecule has 0 aliphatic rings. The Hall–Kier alpha value is -1.83. The zero-order valence-electron chi connectivity index (χ0n) is 11.3. The van der Waals surface area contributed by atoms with Crippen molar-refractivity contribution in [3.8, 4) is 11.8 Å². The van der Waals surface area contributed by atoms with E-state index < -0.39 is 0 Å². The first-order chi connectivity index (χ1) is 10.2. The number of aromatic nitrogens is 2. The molecule has 0 aliphatic carbocycles. The lowest BCUT2D eigenvalue weighted by atomic mass is 10.1. The molecule has 0 amide bonds. The molecule has 2 aromatic carbocycles. The van der Waals surface area contributed by atoms with Crippen LogP contribution in [0.4, 0.5) is 0 Å². The molecule has 3 rings (SSSR count). The summed E-state index contributed by atoms with van der Waals surface area (Å²) in [6.45, 7) is 1.93. The van der Waals surface area contributed by atoms with E-state index in [1.54, 1.807) is 0 Å². The number of halogens is 2. The van der Waals surface area contributed by atoms with Crippen molar-refractivity contribution in [1.82, 2.24) is 9.55 Å². The summed E-state index contributed by atoms with van der Waals surface area (Å²) >= 11 is 9.50. The van der Waals surface area contributed by atoms with Gasteiger partial charge in [0.2, 0.25) is 0 Å². The van der Waals surface area contributed by atoms with Gasteiger partial charge in [-0.15, -0.1) is 11.6 Å². The van der Waals surface area contributed by atoms with Gasteiger partial charge in [-0.3, -0.25) is 4.57 Å². The second-order valence-corrected chi connectivity index (χ2v) is 5.89. The molecule has 0 fully saturated rings. The van der Waals surface area contributed by atoms with Crippen LogP contribution in [0.1, 0.15) is 17.0 Å². The lowest BCUT2D eigenvalue weighted by Gasteiger charge is -2.11. The minimum atomic E-state index is 0.283. The zero-order chi connectivity index (χ0) is 15.0. The van der Waals surface area contributed by atoms with Gasteiger partial charge in [-0.05, 0) is 36.8 Å². The minimum Gasteiger partial charge on any atom is -0.294 e. The van der Waals surface area contributed by atoms with Gasteiger partial charge in [-0.25, -0.2) is 4.98 Å². The van der Waals surface area contributed by atoms with Gasteiger partial charge in [0, 0.05) is 4.47 Å². The van der Waals surface area contributed by atoms with Crippen LogP contribution in [0.3, 0.4) is 0 Å². The fourth-order valence-corrected chi connectivity index (χ4v) is 2.97. The molecule has 0 aliphatic heterocycles. The molecule has 0 saturated carbocycles. The largest absolute Gasteiger partial charge is 0.294 e. The number of hydrogen-bond donors (Lipinski definition) is 0. The Bertz CT molecular complexity index is 877. The number of aryl methyl sites for hydroxylation is 1. The molecule has 0 N–H and O–H groups in total. The molecule has 1 heterocycles. The maximum atomic E-state index is 9.45. The summed E-state index contributed by atoms with van der Waals surface area (Å²) in [7, 11) is 0. The van der Waals surface area contributed by atoms with Crippen LogP contribution >= 0.6 is 27.5 Å². The maximum Gasteiger partial charge on any atom is 0.129 e. The first-order valence-corrected chi connectivity index (χ1v) is 7.71. The number of imidazole rings is 1. The third kappa shape index (κ3) is 2.33. The molecular formula is C16H11BrClN3. The first kappa shape index (κ1) is 14.1. The van der Waals surface area contributed by atoms with Crippen molar-refractivity contribution in [2.75, 3.05) is 0 Å². The van der Waals surface area contributed by atoms with Crippen LogP contribution < -0.4 is 0 Å². The summed E-state index contributed by atoms with van der Waals surface area (Å²) in [6, 6.07) is 14.0. The molecule has 0 unspecified atom stereocenters. The number of rotatable bonds is 2. The number of benzene rings is 2. The van der Waals surface area contributed by atoms with E-state index in [-0.39, 0.29) is 5.88 Å². The highest BCUT2D eigenvalue weighted by molar-refractivity contribution is 9.10. The Labute approximate surface area is 135 Å². The van der Waals surface area contributed by atoms with Gasteiger partial charge < -0.3 is 0 Å². The second kappa shape index (κ2) is 5.51. The Morgan fingerprint density at radius 2 is 2.14 bits per heavy atom. The van der Waals surface area contributed by atoms with Crippen molar-refractivity contribution in [3.05, 3.63) is 57.8 Å². The van der Waals surface area contributed by atoms with Crippen molar-refractivity contribution in [2.45, 2.75) is 12.8 Å². The number of nitrogens with zero attached hydrogens (tertiary/aromatic N) is 3. The second-order valence-electron chi connectivity index (χ2n) is 4.71. The average molecular weight is 361 g/mol. The van der Waals surface area contributed by atoms with Gasteiger partial charge in [0.25, 0.3) is 0 Å². The smallest absolute Gasteiger partial charge is 0.129 e. The van der Waals surface area contributed by atoms with Crippen LogP contribution in [-0.2, 0) is 5.88 Å². The lowest BCUT2D eigenvalue weighted by molar-refractivity contribution is 0.976. The molecule has 0 radical (unpaired) electrons. The van der Waals surface area contributed by atoms with Crippen molar-refractivity contribution >= 4 is 38.6 Å². The Balaban J connectivity index is 2.40. The summed E-state index contributed by atoms with van der Waals surface area (Å²) < 4.78 is 2.92. The third-order valence-corrected chi connectivity index (χ3v) is 4.14. The van der Waals surface area contributed by atoms with Gasteiger partial charge in [-0.2, -0.15) is 5.26 Å². The molecule has 3 nitrogen and oxygen atoms in total. The molecule has 0 saturated heterocycles. The van der Waals surface area contributed by atoms with Crippen molar-refractivity contribution < 1.29 is 0 Å². The SMILES string of the molecule is Cc1cccc(-n2c(CCl)nc3cc(Br)ccc32)c1C#N. The Morgan fingerprint density at radius 1 is 1.33 bits per heavy atom. The fraction of sp³-hybridized carbons (Fsp3) is 0.125. The van der Waals surface area contributed by atoms with E-state index in [0.29, 0.717) is 5.56 Å². The summed E-state index contributed by atoms with van der Waals surface area (Å²) in [5, 5.41) is 9.45. The summed E-state index contributed by atoms with van der Waals surface area (Å²) in [5.41, 5.74) is 4.19. The van der Waals surface area contributed by atoms with E-state index >= 15 is 0 Å². The number of nitriles is 1. The molecule has 0 bridgehead atoms. The Morgan fingerprint density at radius 3 is 2.86 bits per heavy atom. The van der Waals surface area contributed by atoms with Gasteiger partial charge in [-0.1, -0.05) is 28.1 Å². The number of hydrogen-bond acceptors (Lipinski definition) is 2. The predicted octanol–water partition coefficient (Wildman–Crippen LogP) is 4.71. The molecular weight excluding hydrogens is 350 g/mol. The molecule has 3 aromatic rings. The minimum absolute atomic E-state index is 0.283. The standard InChI is InChI=1S/C16H11BrClN3/c1-10-3-2-4-14(12(10)9-19)21-15-6-5-11(17)7-13(15)20-16(21)8-18/h2-7H,8H2,1H3. The topological polar surface area (TPSA) is 41.6 Å². The van der Waals surface area contributed by atoms with Crippen LogP contribution in [0.25, 0.3) is 16.7 Å². The van der Waals surface area contributed by atoms with E-state index in [4.69, 9.17) is 11.6 Å². The summed E-state index contributed by atoms with van der Waals surface area (Å²) in [4.78, 5) is 4.57. The van der Waals surface area contributed by atoms with Crippen LogP contribution in [0.2, 0.25) is 0 Å². The van der Waals surface area contributed by atoms with E-state index in [1.807, 2.05) is 47.9 Å². The molecule has 21 heavy (non-hydrogen) atoms. The molecule has 104 valence electrons. The predicted molar refractivity (Wildman–Crippen MR) is 87.8 cm³/mol. The third-order valence-electron chi connectivity index (χ3n) is 3.41. The van der Waals surface area contributed by atoms with E-state index in [2.05, 4.69) is 27.0 Å². The van der Waals surface area contributed by atoms with Gasteiger partial charge >= 0.3 is 0 Å². The van der Waals surface area contributed by atoms with Crippen molar-refractivity contribution in [3.63, 3.8) is 0 Å². The van der Waals surface area contributed by atoms with Crippen LogP contribution in [-0.4, -0.2) is 9.55 Å². The first-order valence-electron chi connectivity index (χ1n) is 6.38. The van der Waals surface area contributed by atoms with Gasteiger partial charge in [0.05, 0.1) is 28.2 Å². The number of alkyl halides is 1. The summed E-state index contributed by atoms with van der Waals surface area (Å²) in [5.74, 6) is 1.01. The summed E-state index contributed by atoms with van der Waals surface area (Å²) in [6.07, 6.45) is 0. The normalized spacial score (nSPS) is 10.8. The molecule has 0 atom stereocenters. The van der Waals surface area contributed by atoms with Crippen LogP contribution in [0, 0.1) is 18.3 Å². The van der Waals surface area contributed by atoms with Crippen molar-refractivity contribution in [1.29, 1.82) is 5.26 Å². The highest BCUT2D eigenvalue weighted by atomic mass is 79.9. The molecule has 5 heteroatoms. The highest BCUT2D eigenvalue weighted by Gasteiger charge is 2.15. The molecule has 0 spiro atoms. The van der Waals surface area contributed by atoms with Crippen LogP contribution in [0.15, 0.2) is 40.9 Å². The van der Waals surface area contributed by atoms with Crippen molar-refractivity contribution in [2.24, 2.45) is 0 Å². The fourth-order valence-electron chi connectivity index (χ4n) is 2.45. The van der Waals surface area contributed by atoms with E-state index in [9.17, 15) is 5.26 Å². The van der Waals surface area contributed by atoms with Gasteiger partial charge in [0.15, 0.2) is 0 Å². The number of fused-ring (bicyclic) bond motifs is 1. The van der Waals surface area contributed by atoms with E-state index in [0.717, 1.165) is 32.6 Å². The Kier molecular flexibility index (Phi) is 3.71. The average Bonchev–Trinajstić information content (AvgIpc) is 2.84. The highest BCUT2D eigenvalue weighted by Crippen LogP contribution is 2.28. The quantitative estimate of drug-likeness (QED) is 0.621. The van der Waals surface area contributed by atoms with E-state index in [1.165, 1.54) is 0 Å². The lowest BCUT2D eigenvalue weighted by Crippen LogP contribution is -2.03. The van der Waals surface area contributed by atoms with Gasteiger partial charge in [0.1, 0.15) is 11.9 Å². The van der Waals surface area contributed by atoms with Crippen LogP contribution in [0.5, 0.6) is 0 Å². The maximum absolute atomic E-state index is 9.45. The monoisotopic (exact) mass is 359 g/mol.